The van der Waals surface area contributed by atoms with Gasteiger partial charge >= 0.3 is 0 Å². The fourth-order valence-electron chi connectivity index (χ4n) is 2.87. The lowest BCUT2D eigenvalue weighted by atomic mass is 10.2. The Balaban J connectivity index is 1.97. The molecule has 1 heterocycles. The van der Waals surface area contributed by atoms with Gasteiger partial charge in [0.05, 0.1) is 24.3 Å². The number of nitrogens with zero attached hydrogens (tertiary/aromatic N) is 2. The van der Waals surface area contributed by atoms with Crippen molar-refractivity contribution in [1.29, 1.82) is 0 Å². The number of aliphatic imine (C=N–C) groups is 1. The van der Waals surface area contributed by atoms with Crippen LogP contribution in [0.2, 0.25) is 5.02 Å². The Labute approximate surface area is 194 Å². The van der Waals surface area contributed by atoms with Crippen LogP contribution in [-0.4, -0.2) is 36.2 Å². The summed E-state index contributed by atoms with van der Waals surface area (Å²) in [5, 5.41) is 1.30. The molecule has 0 aromatic heterocycles. The zero-order valence-electron chi connectivity index (χ0n) is 16.9. The van der Waals surface area contributed by atoms with Crippen LogP contribution in [-0.2, 0) is 4.79 Å². The number of hydrogen-bond donors (Lipinski definition) is 0. The monoisotopic (exact) mass is 508 g/mol. The number of amides is 1. The minimum atomic E-state index is -0.0608. The van der Waals surface area contributed by atoms with Crippen molar-refractivity contribution in [3.8, 4) is 11.5 Å². The van der Waals surface area contributed by atoms with Gasteiger partial charge in [0, 0.05) is 16.0 Å². The van der Waals surface area contributed by atoms with E-state index < -0.39 is 0 Å². The molecule has 1 aliphatic rings. The topological polar surface area (TPSA) is 51.1 Å². The van der Waals surface area contributed by atoms with E-state index in [1.807, 2.05) is 44.2 Å². The molecule has 1 saturated heterocycles. The Hall–Kier alpha value is -1.96. The number of methoxy groups -OCH3 is 1. The van der Waals surface area contributed by atoms with E-state index in [1.165, 1.54) is 11.8 Å². The Kier molecular flexibility index (Phi) is 7.86. The highest BCUT2D eigenvalue weighted by Gasteiger charge is 2.33. The lowest BCUT2D eigenvalue weighted by Gasteiger charge is -2.14. The molecule has 3 rings (SSSR count). The van der Waals surface area contributed by atoms with Gasteiger partial charge in [-0.3, -0.25) is 9.69 Å². The lowest BCUT2D eigenvalue weighted by Crippen LogP contribution is -2.29. The maximum absolute atomic E-state index is 13.1. The molecule has 0 atom stereocenters. The normalized spacial score (nSPS) is 16.6. The highest BCUT2D eigenvalue weighted by atomic mass is 79.9. The van der Waals surface area contributed by atoms with E-state index in [-0.39, 0.29) is 5.91 Å². The maximum Gasteiger partial charge on any atom is 0.266 e. The fraction of sp³-hybridized carbons (Fsp3) is 0.273. The molecule has 0 bridgehead atoms. The van der Waals surface area contributed by atoms with E-state index in [1.54, 1.807) is 24.1 Å². The second-order valence-corrected chi connectivity index (χ2v) is 8.70. The average molecular weight is 510 g/mol. The predicted octanol–water partition coefficient (Wildman–Crippen LogP) is 6.52. The van der Waals surface area contributed by atoms with Crippen molar-refractivity contribution < 1.29 is 14.3 Å². The fourth-order valence-corrected chi connectivity index (χ4v) is 4.45. The van der Waals surface area contributed by atoms with Gasteiger partial charge in [0.25, 0.3) is 5.91 Å². The number of ether oxygens (including phenoxy) is 2. The van der Waals surface area contributed by atoms with Crippen molar-refractivity contribution in [3.05, 3.63) is 56.4 Å². The first kappa shape index (κ1) is 22.7. The van der Waals surface area contributed by atoms with Crippen molar-refractivity contribution in [2.75, 3.05) is 20.3 Å². The molecule has 30 heavy (non-hydrogen) atoms. The van der Waals surface area contributed by atoms with E-state index >= 15 is 0 Å². The zero-order valence-corrected chi connectivity index (χ0v) is 20.1. The summed E-state index contributed by atoms with van der Waals surface area (Å²) < 4.78 is 11.9. The van der Waals surface area contributed by atoms with E-state index in [0.29, 0.717) is 39.7 Å². The van der Waals surface area contributed by atoms with Gasteiger partial charge in [-0.05, 0) is 73.1 Å². The summed E-state index contributed by atoms with van der Waals surface area (Å²) >= 11 is 10.9. The summed E-state index contributed by atoms with van der Waals surface area (Å²) in [6.45, 7) is 5.09. The van der Waals surface area contributed by atoms with Crippen molar-refractivity contribution in [1.82, 2.24) is 4.90 Å². The summed E-state index contributed by atoms with van der Waals surface area (Å²) in [6.07, 6.45) is 2.68. The van der Waals surface area contributed by atoms with E-state index in [2.05, 4.69) is 20.9 Å². The van der Waals surface area contributed by atoms with Gasteiger partial charge < -0.3 is 9.47 Å². The molecule has 1 aliphatic heterocycles. The Morgan fingerprint density at radius 3 is 2.57 bits per heavy atom. The minimum absolute atomic E-state index is 0.0608. The number of amidine groups is 1. The second-order valence-electron chi connectivity index (χ2n) is 6.40. The zero-order chi connectivity index (χ0) is 21.7. The Morgan fingerprint density at radius 1 is 1.20 bits per heavy atom. The number of rotatable bonds is 7. The molecule has 1 fully saturated rings. The molecule has 2 aromatic rings. The van der Waals surface area contributed by atoms with Crippen LogP contribution in [0.15, 0.2) is 50.8 Å². The molecule has 0 spiro atoms. The molecular weight excluding hydrogens is 488 g/mol. The van der Waals surface area contributed by atoms with Crippen molar-refractivity contribution in [2.45, 2.75) is 20.3 Å². The van der Waals surface area contributed by atoms with Crippen LogP contribution < -0.4 is 9.47 Å². The summed E-state index contributed by atoms with van der Waals surface area (Å²) in [6, 6.07) is 10.9. The number of carbonyl (C=O) groups is 1. The summed E-state index contributed by atoms with van der Waals surface area (Å²) in [7, 11) is 1.60. The highest BCUT2D eigenvalue weighted by molar-refractivity contribution is 9.10. The van der Waals surface area contributed by atoms with Gasteiger partial charge in [-0.25, -0.2) is 4.99 Å². The van der Waals surface area contributed by atoms with Gasteiger partial charge in [0.2, 0.25) is 0 Å². The van der Waals surface area contributed by atoms with E-state index in [4.69, 9.17) is 21.1 Å². The number of carbonyl (C=O) groups excluding carboxylic acids is 1. The molecular formula is C22H22BrClN2O3S. The van der Waals surface area contributed by atoms with Gasteiger partial charge in [-0.2, -0.15) is 0 Å². The Morgan fingerprint density at radius 2 is 1.93 bits per heavy atom. The third-order valence-corrected chi connectivity index (χ3v) is 6.20. The van der Waals surface area contributed by atoms with E-state index in [0.717, 1.165) is 22.1 Å². The molecule has 158 valence electrons. The van der Waals surface area contributed by atoms with Gasteiger partial charge in [-0.1, -0.05) is 34.5 Å². The Bertz CT molecular complexity index is 993. The van der Waals surface area contributed by atoms with E-state index in [9.17, 15) is 4.79 Å². The predicted molar refractivity (Wildman–Crippen MR) is 128 cm³/mol. The number of benzene rings is 2. The quantitative estimate of drug-likeness (QED) is 0.399. The highest BCUT2D eigenvalue weighted by Crippen LogP contribution is 2.38. The van der Waals surface area contributed by atoms with Crippen LogP contribution in [0.3, 0.4) is 0 Å². The molecule has 0 unspecified atom stereocenters. The second kappa shape index (κ2) is 10.4. The molecule has 0 saturated carbocycles. The van der Waals surface area contributed by atoms with Crippen molar-refractivity contribution >= 4 is 62.1 Å². The van der Waals surface area contributed by atoms with Gasteiger partial charge in [0.1, 0.15) is 0 Å². The molecule has 8 heteroatoms. The van der Waals surface area contributed by atoms with Crippen LogP contribution in [0.25, 0.3) is 6.08 Å². The number of halogens is 2. The number of hydrogen-bond acceptors (Lipinski definition) is 5. The van der Waals surface area contributed by atoms with Gasteiger partial charge in [0.15, 0.2) is 16.7 Å². The molecule has 1 amide bonds. The largest absolute Gasteiger partial charge is 0.493 e. The first-order valence-electron chi connectivity index (χ1n) is 9.52. The summed E-state index contributed by atoms with van der Waals surface area (Å²) in [5.74, 6) is 1.20. The smallest absolute Gasteiger partial charge is 0.266 e. The van der Waals surface area contributed by atoms with Crippen molar-refractivity contribution in [2.24, 2.45) is 4.99 Å². The molecule has 0 radical (unpaired) electrons. The first-order chi connectivity index (χ1) is 14.5. The van der Waals surface area contributed by atoms with Crippen LogP contribution >= 0.6 is 39.3 Å². The summed E-state index contributed by atoms with van der Waals surface area (Å²) in [4.78, 5) is 20.0. The lowest BCUT2D eigenvalue weighted by molar-refractivity contribution is -0.122. The summed E-state index contributed by atoms with van der Waals surface area (Å²) in [5.41, 5.74) is 1.58. The minimum Gasteiger partial charge on any atom is -0.493 e. The molecule has 5 nitrogen and oxygen atoms in total. The first-order valence-corrected chi connectivity index (χ1v) is 11.5. The third kappa shape index (κ3) is 5.20. The van der Waals surface area contributed by atoms with Crippen LogP contribution in [0.4, 0.5) is 5.69 Å². The van der Waals surface area contributed by atoms with Crippen LogP contribution in [0.5, 0.6) is 11.5 Å². The molecule has 2 aromatic carbocycles. The standard InChI is InChI=1S/C22H22BrClN2O3S/c1-4-10-26-21(27)20(30-22(26)25-16-8-6-15(24)7-9-16)12-14-11-18(28-3)19(29-5-2)13-17(14)23/h6-9,11-13H,4-5,10H2,1-3H3/b20-12-,25-22?. The van der Waals surface area contributed by atoms with Crippen LogP contribution in [0.1, 0.15) is 25.8 Å². The van der Waals surface area contributed by atoms with Crippen molar-refractivity contribution in [3.63, 3.8) is 0 Å². The number of thioether (sulfide) groups is 1. The maximum atomic E-state index is 13.1. The SMILES string of the molecule is CCCN1C(=O)/C(=C/c2cc(OC)c(OCC)cc2Br)SC1=Nc1ccc(Cl)cc1. The molecule has 0 N–H and O–H groups in total. The van der Waals surface area contributed by atoms with Gasteiger partial charge in [-0.15, -0.1) is 0 Å². The average Bonchev–Trinajstić information content (AvgIpc) is 3.01. The van der Waals surface area contributed by atoms with Crippen LogP contribution in [0, 0.1) is 0 Å². The molecule has 0 aliphatic carbocycles. The third-order valence-electron chi connectivity index (χ3n) is 4.26.